The molecule has 34 heavy (non-hydrogen) atoms. The Balaban J connectivity index is 1.71. The summed E-state index contributed by atoms with van der Waals surface area (Å²) >= 11 is 0. The third kappa shape index (κ3) is 6.64. The van der Waals surface area contributed by atoms with Crippen molar-refractivity contribution in [2.75, 3.05) is 19.6 Å². The molecule has 1 fully saturated rings. The van der Waals surface area contributed by atoms with E-state index in [4.69, 9.17) is 0 Å². The Hall–Kier alpha value is -2.77. The summed E-state index contributed by atoms with van der Waals surface area (Å²) in [5, 5.41) is 0. The Morgan fingerprint density at radius 3 is 2.47 bits per heavy atom. The van der Waals surface area contributed by atoms with E-state index in [1.54, 1.807) is 15.9 Å². The van der Waals surface area contributed by atoms with Gasteiger partial charge in [0.15, 0.2) is 0 Å². The molecule has 0 unspecified atom stereocenters. The van der Waals surface area contributed by atoms with Crippen LogP contribution < -0.4 is 0 Å². The Kier molecular flexibility index (Phi) is 8.80. The quantitative estimate of drug-likeness (QED) is 0.439. The maximum absolute atomic E-state index is 13.2. The van der Waals surface area contributed by atoms with Crippen LogP contribution in [-0.4, -0.2) is 45.8 Å². The summed E-state index contributed by atoms with van der Waals surface area (Å²) in [5.41, 5.74) is 0.714. The van der Waals surface area contributed by atoms with E-state index in [9.17, 15) is 22.8 Å². The second-order valence-corrected chi connectivity index (χ2v) is 8.97. The molecule has 186 valence electrons. The van der Waals surface area contributed by atoms with Gasteiger partial charge in [-0.25, -0.2) is 0 Å². The Bertz CT molecular complexity index is 966. The zero-order valence-corrected chi connectivity index (χ0v) is 20.0. The lowest BCUT2D eigenvalue weighted by molar-refractivity contribution is -0.144. The largest absolute Gasteiger partial charge is 0.416 e. The maximum atomic E-state index is 13.2. The van der Waals surface area contributed by atoms with Gasteiger partial charge in [-0.2, -0.15) is 13.2 Å². The number of rotatable bonds is 11. The molecule has 1 aliphatic carbocycles. The Morgan fingerprint density at radius 1 is 1.09 bits per heavy atom. The van der Waals surface area contributed by atoms with Crippen LogP contribution in [0.4, 0.5) is 13.2 Å². The van der Waals surface area contributed by atoms with Crippen molar-refractivity contribution in [3.63, 3.8) is 0 Å². The van der Waals surface area contributed by atoms with Gasteiger partial charge in [0.05, 0.1) is 18.7 Å². The van der Waals surface area contributed by atoms with Gasteiger partial charge in [-0.1, -0.05) is 31.9 Å². The predicted octanol–water partition coefficient (Wildman–Crippen LogP) is 5.33. The molecular formula is C26H34F3N3O2. The van der Waals surface area contributed by atoms with E-state index in [0.717, 1.165) is 49.9 Å². The maximum Gasteiger partial charge on any atom is 0.416 e. The molecule has 0 bridgehead atoms. The number of unbranched alkanes of at least 4 members (excludes halogenated alkanes) is 1. The molecule has 3 rings (SSSR count). The van der Waals surface area contributed by atoms with Gasteiger partial charge in [0.25, 0.3) is 0 Å². The molecule has 1 aromatic carbocycles. The third-order valence-corrected chi connectivity index (χ3v) is 6.49. The summed E-state index contributed by atoms with van der Waals surface area (Å²) in [6.07, 6.45) is 2.04. The lowest BCUT2D eigenvalue weighted by atomic mass is 9.84. The molecule has 0 N–H and O–H groups in total. The van der Waals surface area contributed by atoms with Crippen molar-refractivity contribution in [2.24, 2.45) is 5.92 Å². The first-order valence-corrected chi connectivity index (χ1v) is 12.1. The van der Waals surface area contributed by atoms with Gasteiger partial charge in [-0.15, -0.1) is 0 Å². The summed E-state index contributed by atoms with van der Waals surface area (Å²) in [6.45, 7) is 5.69. The highest BCUT2D eigenvalue weighted by Crippen LogP contribution is 2.30. The Labute approximate surface area is 199 Å². The molecule has 0 saturated heterocycles. The number of benzene rings is 1. The third-order valence-electron chi connectivity index (χ3n) is 6.49. The molecule has 2 aromatic rings. The van der Waals surface area contributed by atoms with Crippen molar-refractivity contribution in [3.05, 3.63) is 59.4 Å². The number of carbonyl (C=O) groups excluding carboxylic acids is 2. The molecule has 0 spiro atoms. The van der Waals surface area contributed by atoms with E-state index in [0.29, 0.717) is 25.2 Å². The van der Waals surface area contributed by atoms with Gasteiger partial charge in [0, 0.05) is 37.4 Å². The molecule has 0 atom stereocenters. The first-order valence-electron chi connectivity index (χ1n) is 12.1. The lowest BCUT2D eigenvalue weighted by Crippen LogP contribution is -2.46. The molecule has 2 amide bonds. The van der Waals surface area contributed by atoms with Crippen LogP contribution >= 0.6 is 0 Å². The fourth-order valence-corrected chi connectivity index (χ4v) is 4.15. The van der Waals surface area contributed by atoms with Crippen LogP contribution in [0.15, 0.2) is 42.6 Å². The van der Waals surface area contributed by atoms with Crippen LogP contribution in [0.25, 0.3) is 0 Å². The van der Waals surface area contributed by atoms with Gasteiger partial charge < -0.3 is 14.4 Å². The predicted molar refractivity (Wildman–Crippen MR) is 125 cm³/mol. The fourth-order valence-electron chi connectivity index (χ4n) is 4.15. The standard InChI is InChI=1S/C26H34F3N3O2/c1-3-5-14-32(24(33)19-30(4-2)25(34)21-10-7-11-21)18-23-13-8-15-31(23)17-20-9-6-12-22(16-20)26(27,28)29/h6,8-9,12-13,15-16,21H,3-5,7,10-11,14,17-19H2,1-2H3. The summed E-state index contributed by atoms with van der Waals surface area (Å²) in [4.78, 5) is 29.3. The number of carbonyl (C=O) groups is 2. The van der Waals surface area contributed by atoms with Crippen LogP contribution in [0.2, 0.25) is 0 Å². The van der Waals surface area contributed by atoms with E-state index >= 15 is 0 Å². The summed E-state index contributed by atoms with van der Waals surface area (Å²) in [7, 11) is 0. The highest BCUT2D eigenvalue weighted by Gasteiger charge is 2.31. The number of nitrogens with zero attached hydrogens (tertiary/aromatic N) is 3. The summed E-state index contributed by atoms with van der Waals surface area (Å²) < 4.78 is 41.2. The first-order chi connectivity index (χ1) is 16.2. The molecule has 1 aliphatic rings. The molecule has 1 aromatic heterocycles. The number of hydrogen-bond donors (Lipinski definition) is 0. The highest BCUT2D eigenvalue weighted by molar-refractivity contribution is 5.86. The number of hydrogen-bond acceptors (Lipinski definition) is 2. The van der Waals surface area contributed by atoms with E-state index in [2.05, 4.69) is 6.92 Å². The van der Waals surface area contributed by atoms with E-state index < -0.39 is 11.7 Å². The van der Waals surface area contributed by atoms with Crippen LogP contribution in [0.3, 0.4) is 0 Å². The van der Waals surface area contributed by atoms with Crippen LogP contribution in [0.5, 0.6) is 0 Å². The van der Waals surface area contributed by atoms with Crippen molar-refractivity contribution in [3.8, 4) is 0 Å². The van der Waals surface area contributed by atoms with Gasteiger partial charge in [0.2, 0.25) is 11.8 Å². The van der Waals surface area contributed by atoms with Crippen molar-refractivity contribution < 1.29 is 22.8 Å². The molecule has 0 aliphatic heterocycles. The SMILES string of the molecule is CCCCN(Cc1cccn1Cc1cccc(C(F)(F)F)c1)C(=O)CN(CC)C(=O)C1CCC1. The van der Waals surface area contributed by atoms with Gasteiger partial charge in [-0.05, 0) is 56.0 Å². The van der Waals surface area contributed by atoms with Crippen LogP contribution in [0, 0.1) is 5.92 Å². The van der Waals surface area contributed by atoms with Gasteiger partial charge in [0.1, 0.15) is 0 Å². The molecule has 1 saturated carbocycles. The van der Waals surface area contributed by atoms with E-state index in [1.165, 1.54) is 6.07 Å². The van der Waals surface area contributed by atoms with Gasteiger partial charge >= 0.3 is 6.18 Å². The van der Waals surface area contributed by atoms with Crippen molar-refractivity contribution in [1.82, 2.24) is 14.4 Å². The normalized spacial score (nSPS) is 14.0. The molecule has 5 nitrogen and oxygen atoms in total. The monoisotopic (exact) mass is 477 g/mol. The number of aromatic nitrogens is 1. The number of halogens is 3. The summed E-state index contributed by atoms with van der Waals surface area (Å²) in [6, 6.07) is 9.03. The van der Waals surface area contributed by atoms with Crippen LogP contribution in [-0.2, 0) is 28.9 Å². The minimum absolute atomic E-state index is 0.0431. The van der Waals surface area contributed by atoms with Crippen LogP contribution in [0.1, 0.15) is 62.8 Å². The molecule has 1 heterocycles. The molecule has 8 heteroatoms. The number of alkyl halides is 3. The molecular weight excluding hydrogens is 443 g/mol. The minimum atomic E-state index is -4.39. The fraction of sp³-hybridized carbons (Fsp3) is 0.538. The summed E-state index contributed by atoms with van der Waals surface area (Å²) in [5.74, 6) is 0.00166. The topological polar surface area (TPSA) is 45.6 Å². The zero-order chi connectivity index (χ0) is 24.7. The first kappa shape index (κ1) is 25.8. The zero-order valence-electron chi connectivity index (χ0n) is 20.0. The minimum Gasteiger partial charge on any atom is -0.345 e. The smallest absolute Gasteiger partial charge is 0.345 e. The number of likely N-dealkylation sites (N-methyl/N-ethyl adjacent to an activating group) is 1. The highest BCUT2D eigenvalue weighted by atomic mass is 19.4. The van der Waals surface area contributed by atoms with Crippen molar-refractivity contribution in [1.29, 1.82) is 0 Å². The van der Waals surface area contributed by atoms with Gasteiger partial charge in [-0.3, -0.25) is 9.59 Å². The second-order valence-electron chi connectivity index (χ2n) is 8.97. The lowest BCUT2D eigenvalue weighted by Gasteiger charge is -2.32. The molecule has 0 radical (unpaired) electrons. The average Bonchev–Trinajstić information content (AvgIpc) is 3.19. The van der Waals surface area contributed by atoms with Crippen molar-refractivity contribution >= 4 is 11.8 Å². The average molecular weight is 478 g/mol. The number of amides is 2. The van der Waals surface area contributed by atoms with Crippen molar-refractivity contribution in [2.45, 2.75) is 65.2 Å². The Morgan fingerprint density at radius 2 is 1.85 bits per heavy atom. The second kappa shape index (κ2) is 11.6. The van der Waals surface area contributed by atoms with E-state index in [-0.39, 0.29) is 30.8 Å². The van der Waals surface area contributed by atoms with E-state index in [1.807, 2.05) is 29.8 Å².